The average molecular weight is 269 g/mol. The van der Waals surface area contributed by atoms with Crippen molar-refractivity contribution < 1.29 is 18.7 Å². The summed E-state index contributed by atoms with van der Waals surface area (Å²) in [5.74, 6) is -0.357. The summed E-state index contributed by atoms with van der Waals surface area (Å²) in [4.78, 5) is 13.1. The molecule has 0 spiro atoms. The number of nitrogens with zero attached hydrogens (tertiary/aromatic N) is 1. The number of esters is 1. The van der Waals surface area contributed by atoms with Crippen LogP contribution in [-0.4, -0.2) is 38.2 Å². The summed E-state index contributed by atoms with van der Waals surface area (Å²) in [6.07, 6.45) is 0.302. The molecule has 0 aliphatic carbocycles. The third-order valence-electron chi connectivity index (χ3n) is 2.71. The molecule has 0 aliphatic rings. The maximum atomic E-state index is 13.9. The lowest BCUT2D eigenvalue weighted by Crippen LogP contribution is -2.22. The number of benzene rings is 1. The number of methoxy groups -OCH3 is 1. The van der Waals surface area contributed by atoms with E-state index in [2.05, 4.69) is 0 Å². The fourth-order valence-corrected chi connectivity index (χ4v) is 1.72. The van der Waals surface area contributed by atoms with Gasteiger partial charge in [-0.25, -0.2) is 4.39 Å². The minimum absolute atomic E-state index is 0.233. The molecule has 1 aromatic rings. The summed E-state index contributed by atoms with van der Waals surface area (Å²) in [5.41, 5.74) is 0.547. The highest BCUT2D eigenvalue weighted by molar-refractivity contribution is 5.69. The summed E-state index contributed by atoms with van der Waals surface area (Å²) in [6.45, 7) is 3.10. The van der Waals surface area contributed by atoms with Gasteiger partial charge in [-0.3, -0.25) is 4.79 Å². The largest absolute Gasteiger partial charge is 0.494 e. The van der Waals surface area contributed by atoms with Crippen LogP contribution in [0.2, 0.25) is 0 Å². The van der Waals surface area contributed by atoms with Crippen molar-refractivity contribution in [3.8, 4) is 5.75 Å². The van der Waals surface area contributed by atoms with Crippen LogP contribution in [0.1, 0.15) is 18.9 Å². The fourth-order valence-electron chi connectivity index (χ4n) is 1.72. The maximum absolute atomic E-state index is 13.9. The van der Waals surface area contributed by atoms with E-state index in [0.29, 0.717) is 31.7 Å². The zero-order valence-corrected chi connectivity index (χ0v) is 11.6. The molecular formula is C14H20FNO3. The maximum Gasteiger partial charge on any atom is 0.307 e. The summed E-state index contributed by atoms with van der Waals surface area (Å²) in [7, 11) is 3.27. The quantitative estimate of drug-likeness (QED) is 0.711. The molecular weight excluding hydrogens is 249 g/mol. The Morgan fingerprint density at radius 2 is 2.16 bits per heavy atom. The molecule has 0 N–H and O–H groups in total. The van der Waals surface area contributed by atoms with Gasteiger partial charge in [0.05, 0.1) is 20.1 Å². The first-order valence-electron chi connectivity index (χ1n) is 6.24. The van der Waals surface area contributed by atoms with Gasteiger partial charge in [0.1, 0.15) is 0 Å². The molecule has 0 unspecified atom stereocenters. The predicted molar refractivity (Wildman–Crippen MR) is 70.5 cm³/mol. The zero-order chi connectivity index (χ0) is 14.3. The number of rotatable bonds is 7. The second-order valence-corrected chi connectivity index (χ2v) is 4.23. The van der Waals surface area contributed by atoms with E-state index in [1.807, 2.05) is 11.9 Å². The van der Waals surface area contributed by atoms with Crippen molar-refractivity contribution in [1.29, 1.82) is 0 Å². The lowest BCUT2D eigenvalue weighted by molar-refractivity contribution is -0.143. The Bertz CT molecular complexity index is 423. The van der Waals surface area contributed by atoms with Crippen LogP contribution in [0, 0.1) is 5.82 Å². The zero-order valence-electron chi connectivity index (χ0n) is 11.6. The van der Waals surface area contributed by atoms with Gasteiger partial charge in [0.15, 0.2) is 11.6 Å². The SMILES string of the molecule is CCOC(=O)CCN(C)Cc1cccc(OC)c1F. The number of hydrogen-bond donors (Lipinski definition) is 0. The monoisotopic (exact) mass is 269 g/mol. The number of halogens is 1. The van der Waals surface area contributed by atoms with Gasteiger partial charge < -0.3 is 14.4 Å². The van der Waals surface area contributed by atoms with Crippen molar-refractivity contribution >= 4 is 5.97 Å². The molecule has 0 atom stereocenters. The van der Waals surface area contributed by atoms with Crippen LogP contribution in [0.15, 0.2) is 18.2 Å². The Morgan fingerprint density at radius 3 is 2.79 bits per heavy atom. The number of ether oxygens (including phenoxy) is 2. The second kappa shape index (κ2) is 7.74. The smallest absolute Gasteiger partial charge is 0.307 e. The Balaban J connectivity index is 2.52. The van der Waals surface area contributed by atoms with Crippen LogP contribution in [0.5, 0.6) is 5.75 Å². The van der Waals surface area contributed by atoms with E-state index in [1.54, 1.807) is 25.1 Å². The van der Waals surface area contributed by atoms with Gasteiger partial charge in [-0.2, -0.15) is 0 Å². The normalized spacial score (nSPS) is 10.6. The first-order chi connectivity index (χ1) is 9.08. The van der Waals surface area contributed by atoms with E-state index in [4.69, 9.17) is 9.47 Å². The first-order valence-corrected chi connectivity index (χ1v) is 6.24. The summed E-state index contributed by atoms with van der Waals surface area (Å²) < 4.78 is 23.7. The van der Waals surface area contributed by atoms with Gasteiger partial charge in [-0.15, -0.1) is 0 Å². The lowest BCUT2D eigenvalue weighted by Gasteiger charge is -2.17. The molecule has 0 saturated heterocycles. The number of carbonyl (C=O) groups is 1. The van der Waals surface area contributed by atoms with E-state index in [1.165, 1.54) is 7.11 Å². The Morgan fingerprint density at radius 1 is 1.42 bits per heavy atom. The van der Waals surface area contributed by atoms with Crippen LogP contribution in [0.25, 0.3) is 0 Å². The molecule has 0 amide bonds. The Kier molecular flexibility index (Phi) is 6.29. The van der Waals surface area contributed by atoms with E-state index in [9.17, 15) is 9.18 Å². The fraction of sp³-hybridized carbons (Fsp3) is 0.500. The van der Waals surface area contributed by atoms with Gasteiger partial charge in [-0.05, 0) is 20.0 Å². The molecule has 0 heterocycles. The average Bonchev–Trinajstić information content (AvgIpc) is 2.39. The van der Waals surface area contributed by atoms with Crippen LogP contribution in [0.3, 0.4) is 0 Å². The first kappa shape index (κ1) is 15.4. The number of carbonyl (C=O) groups excluding carboxylic acids is 1. The van der Waals surface area contributed by atoms with E-state index in [-0.39, 0.29) is 17.5 Å². The molecule has 1 rings (SSSR count). The Labute approximate surface area is 113 Å². The van der Waals surface area contributed by atoms with Crippen molar-refractivity contribution in [2.75, 3.05) is 27.3 Å². The molecule has 0 bridgehead atoms. The molecule has 0 radical (unpaired) electrons. The van der Waals surface area contributed by atoms with Crippen LogP contribution < -0.4 is 4.74 Å². The minimum atomic E-state index is -0.354. The van der Waals surface area contributed by atoms with E-state index < -0.39 is 0 Å². The molecule has 0 aliphatic heterocycles. The Hall–Kier alpha value is -1.62. The molecule has 0 saturated carbocycles. The van der Waals surface area contributed by atoms with Crippen molar-refractivity contribution in [1.82, 2.24) is 4.90 Å². The highest BCUT2D eigenvalue weighted by Gasteiger charge is 2.11. The molecule has 1 aromatic carbocycles. The molecule has 5 heteroatoms. The predicted octanol–water partition coefficient (Wildman–Crippen LogP) is 2.22. The molecule has 106 valence electrons. The second-order valence-electron chi connectivity index (χ2n) is 4.23. The van der Waals surface area contributed by atoms with Gasteiger partial charge in [-0.1, -0.05) is 12.1 Å². The standard InChI is InChI=1S/C14H20FNO3/c1-4-19-13(17)8-9-16(2)10-11-6-5-7-12(18-3)14(11)15/h5-7H,4,8-10H2,1-3H3. The molecule has 19 heavy (non-hydrogen) atoms. The summed E-state index contributed by atoms with van der Waals surface area (Å²) >= 11 is 0. The van der Waals surface area contributed by atoms with E-state index >= 15 is 0 Å². The van der Waals surface area contributed by atoms with Gasteiger partial charge in [0, 0.05) is 18.7 Å². The molecule has 0 fully saturated rings. The van der Waals surface area contributed by atoms with Gasteiger partial charge >= 0.3 is 5.97 Å². The van der Waals surface area contributed by atoms with Crippen LogP contribution in [-0.2, 0) is 16.1 Å². The van der Waals surface area contributed by atoms with E-state index in [0.717, 1.165) is 0 Å². The van der Waals surface area contributed by atoms with Crippen molar-refractivity contribution in [2.45, 2.75) is 19.9 Å². The topological polar surface area (TPSA) is 38.8 Å². The van der Waals surface area contributed by atoms with Crippen molar-refractivity contribution in [3.05, 3.63) is 29.6 Å². The third kappa shape index (κ3) is 4.87. The highest BCUT2D eigenvalue weighted by Crippen LogP contribution is 2.20. The van der Waals surface area contributed by atoms with Crippen molar-refractivity contribution in [3.63, 3.8) is 0 Å². The van der Waals surface area contributed by atoms with Gasteiger partial charge in [0.25, 0.3) is 0 Å². The summed E-state index contributed by atoms with van der Waals surface area (Å²) in [5, 5.41) is 0. The van der Waals surface area contributed by atoms with Gasteiger partial charge in [0.2, 0.25) is 0 Å². The molecule has 4 nitrogen and oxygen atoms in total. The number of hydrogen-bond acceptors (Lipinski definition) is 4. The van der Waals surface area contributed by atoms with Crippen LogP contribution >= 0.6 is 0 Å². The molecule has 0 aromatic heterocycles. The van der Waals surface area contributed by atoms with Crippen LogP contribution in [0.4, 0.5) is 4.39 Å². The highest BCUT2D eigenvalue weighted by atomic mass is 19.1. The summed E-state index contributed by atoms with van der Waals surface area (Å²) in [6, 6.07) is 5.03. The third-order valence-corrected chi connectivity index (χ3v) is 2.71. The van der Waals surface area contributed by atoms with Crippen molar-refractivity contribution in [2.24, 2.45) is 0 Å². The minimum Gasteiger partial charge on any atom is -0.494 e. The lowest BCUT2D eigenvalue weighted by atomic mass is 10.2.